The van der Waals surface area contributed by atoms with Gasteiger partial charge in [-0.2, -0.15) is 4.31 Å². The first-order valence-electron chi connectivity index (χ1n) is 10.2. The number of aromatic nitrogens is 1. The maximum Gasteiger partial charge on any atom is 0.271 e. The fourth-order valence-corrected chi connectivity index (χ4v) is 5.88. The van der Waals surface area contributed by atoms with Crippen molar-refractivity contribution in [2.45, 2.75) is 24.2 Å². The molecule has 2 heterocycles. The second kappa shape index (κ2) is 8.93. The fourth-order valence-electron chi connectivity index (χ4n) is 3.86. The van der Waals surface area contributed by atoms with E-state index in [0.717, 1.165) is 30.2 Å². The highest BCUT2D eigenvalue weighted by atomic mass is 35.5. The van der Waals surface area contributed by atoms with E-state index in [2.05, 4.69) is 10.9 Å². The number of hydrogen-bond donors (Lipinski definition) is 2. The van der Waals surface area contributed by atoms with Crippen LogP contribution in [0.15, 0.2) is 53.6 Å². The molecule has 1 aromatic heterocycles. The zero-order valence-electron chi connectivity index (χ0n) is 17.5. The number of aryl methyl sites for hydroxylation is 1. The zero-order chi connectivity index (χ0) is 22.9. The first-order valence-corrected chi connectivity index (χ1v) is 12.1. The van der Waals surface area contributed by atoms with Crippen LogP contribution in [-0.4, -0.2) is 42.2 Å². The average molecular weight is 475 g/mol. The highest BCUT2D eigenvalue weighted by Gasteiger charge is 2.29. The van der Waals surface area contributed by atoms with Crippen LogP contribution >= 0.6 is 11.6 Å². The Hall–Kier alpha value is -2.88. The van der Waals surface area contributed by atoms with Gasteiger partial charge < -0.3 is 4.57 Å². The number of rotatable bonds is 4. The van der Waals surface area contributed by atoms with Crippen molar-refractivity contribution in [1.29, 1.82) is 0 Å². The lowest BCUT2D eigenvalue weighted by atomic mass is 10.2. The second-order valence-corrected chi connectivity index (χ2v) is 10.0. The van der Waals surface area contributed by atoms with E-state index in [1.54, 1.807) is 6.20 Å². The summed E-state index contributed by atoms with van der Waals surface area (Å²) in [5, 5.41) is 0.801. The Bertz CT molecular complexity index is 1300. The topological polar surface area (TPSA) is 101 Å². The predicted octanol–water partition coefficient (Wildman–Crippen LogP) is 3.08. The summed E-state index contributed by atoms with van der Waals surface area (Å²) in [6, 6.07) is 11.5. The maximum atomic E-state index is 13.0. The lowest BCUT2D eigenvalue weighted by Gasteiger charge is -2.26. The third-order valence-corrected chi connectivity index (χ3v) is 7.94. The van der Waals surface area contributed by atoms with Gasteiger partial charge in [-0.3, -0.25) is 20.4 Å². The minimum atomic E-state index is -3.81. The van der Waals surface area contributed by atoms with Gasteiger partial charge >= 0.3 is 0 Å². The van der Waals surface area contributed by atoms with Gasteiger partial charge in [-0.25, -0.2) is 8.42 Å². The Morgan fingerprint density at radius 1 is 0.969 bits per heavy atom. The molecule has 10 heteroatoms. The molecule has 0 unspecified atom stereocenters. The molecule has 0 saturated carbocycles. The number of halogens is 1. The molecule has 4 rings (SSSR count). The van der Waals surface area contributed by atoms with E-state index < -0.39 is 21.8 Å². The van der Waals surface area contributed by atoms with Crippen LogP contribution in [0.4, 0.5) is 0 Å². The third-order valence-electron chi connectivity index (χ3n) is 5.56. The summed E-state index contributed by atoms with van der Waals surface area (Å²) < 4.78 is 29.2. The molecule has 0 radical (unpaired) electrons. The molecule has 32 heavy (non-hydrogen) atoms. The summed E-state index contributed by atoms with van der Waals surface area (Å²) in [7, 11) is -1.98. The van der Waals surface area contributed by atoms with E-state index in [9.17, 15) is 18.0 Å². The predicted molar refractivity (Wildman–Crippen MR) is 122 cm³/mol. The van der Waals surface area contributed by atoms with Crippen molar-refractivity contribution in [2.24, 2.45) is 7.05 Å². The molecule has 0 spiro atoms. The van der Waals surface area contributed by atoms with Gasteiger partial charge in [0, 0.05) is 42.8 Å². The number of piperidine rings is 1. The van der Waals surface area contributed by atoms with Gasteiger partial charge in [0.25, 0.3) is 11.8 Å². The van der Waals surface area contributed by atoms with Crippen molar-refractivity contribution in [3.63, 3.8) is 0 Å². The van der Waals surface area contributed by atoms with E-state index in [1.807, 2.05) is 35.9 Å². The lowest BCUT2D eigenvalue weighted by Crippen LogP contribution is -2.41. The minimum absolute atomic E-state index is 0.0481. The first-order chi connectivity index (χ1) is 15.3. The van der Waals surface area contributed by atoms with E-state index in [1.165, 1.54) is 22.5 Å². The van der Waals surface area contributed by atoms with E-state index in [4.69, 9.17) is 11.6 Å². The molecule has 3 aromatic rings. The summed E-state index contributed by atoms with van der Waals surface area (Å²) >= 11 is 6.16. The van der Waals surface area contributed by atoms with Crippen molar-refractivity contribution in [3.8, 4) is 0 Å². The number of fused-ring (bicyclic) bond motifs is 1. The SMILES string of the molecule is Cn1cc(C(=O)NNC(=O)c2ccc(Cl)c(S(=O)(=O)N3CCCCC3)c2)c2ccccc21. The van der Waals surface area contributed by atoms with E-state index >= 15 is 0 Å². The maximum absolute atomic E-state index is 13.0. The van der Waals surface area contributed by atoms with Gasteiger partial charge in [-0.1, -0.05) is 36.2 Å². The van der Waals surface area contributed by atoms with Crippen LogP contribution in [0.2, 0.25) is 5.02 Å². The van der Waals surface area contributed by atoms with Crippen LogP contribution in [0.5, 0.6) is 0 Å². The number of sulfonamides is 1. The van der Waals surface area contributed by atoms with Crippen molar-refractivity contribution in [1.82, 2.24) is 19.7 Å². The quantitative estimate of drug-likeness (QED) is 0.567. The van der Waals surface area contributed by atoms with Crippen LogP contribution in [-0.2, 0) is 17.1 Å². The molecule has 168 valence electrons. The molecule has 1 fully saturated rings. The average Bonchev–Trinajstić information content (AvgIpc) is 3.15. The van der Waals surface area contributed by atoms with Crippen LogP contribution in [0.25, 0.3) is 10.9 Å². The van der Waals surface area contributed by atoms with Crippen molar-refractivity contribution < 1.29 is 18.0 Å². The summed E-state index contributed by atoms with van der Waals surface area (Å²) in [5.74, 6) is -1.13. The van der Waals surface area contributed by atoms with Crippen LogP contribution in [0.3, 0.4) is 0 Å². The molecule has 0 atom stereocenters. The second-order valence-electron chi connectivity index (χ2n) is 7.69. The highest BCUT2D eigenvalue weighted by molar-refractivity contribution is 7.89. The monoisotopic (exact) mass is 474 g/mol. The van der Waals surface area contributed by atoms with Gasteiger partial charge in [0.05, 0.1) is 10.6 Å². The van der Waals surface area contributed by atoms with E-state index in [-0.39, 0.29) is 15.5 Å². The van der Waals surface area contributed by atoms with Crippen molar-refractivity contribution in [3.05, 3.63) is 64.8 Å². The largest absolute Gasteiger partial charge is 0.350 e. The Morgan fingerprint density at radius 3 is 2.41 bits per heavy atom. The molecular weight excluding hydrogens is 452 g/mol. The lowest BCUT2D eigenvalue weighted by molar-refractivity contribution is 0.0847. The number of nitrogens with one attached hydrogen (secondary N) is 2. The molecule has 8 nitrogen and oxygen atoms in total. The molecule has 1 aliphatic heterocycles. The summed E-state index contributed by atoms with van der Waals surface area (Å²) in [6.45, 7) is 0.854. The van der Waals surface area contributed by atoms with Gasteiger partial charge in [0.15, 0.2) is 0 Å². The fraction of sp³-hybridized carbons (Fsp3) is 0.273. The molecule has 0 aliphatic carbocycles. The van der Waals surface area contributed by atoms with Crippen LogP contribution in [0, 0.1) is 0 Å². The number of amides is 2. The van der Waals surface area contributed by atoms with Gasteiger partial charge in [-0.05, 0) is 37.1 Å². The van der Waals surface area contributed by atoms with Crippen LogP contribution < -0.4 is 10.9 Å². The van der Waals surface area contributed by atoms with Gasteiger partial charge in [-0.15, -0.1) is 0 Å². The van der Waals surface area contributed by atoms with Gasteiger partial charge in [0.1, 0.15) is 4.90 Å². The molecule has 2 N–H and O–H groups in total. The standard InChI is InChI=1S/C22H23ClN4O4S/c1-26-14-17(16-7-3-4-8-19(16)26)22(29)25-24-21(28)15-9-10-18(23)20(13-15)32(30,31)27-11-5-2-6-12-27/h3-4,7-10,13-14H,2,5-6,11-12H2,1H3,(H,24,28)(H,25,29). The smallest absolute Gasteiger partial charge is 0.271 e. The molecule has 1 aliphatic rings. The van der Waals surface area contributed by atoms with Crippen molar-refractivity contribution in [2.75, 3.05) is 13.1 Å². The van der Waals surface area contributed by atoms with Crippen molar-refractivity contribution >= 4 is 44.3 Å². The number of benzene rings is 2. The molecule has 2 amide bonds. The highest BCUT2D eigenvalue weighted by Crippen LogP contribution is 2.28. The van der Waals surface area contributed by atoms with E-state index in [0.29, 0.717) is 18.7 Å². The Kier molecular flexibility index (Phi) is 6.23. The number of hydrazine groups is 1. The molecule has 0 bridgehead atoms. The molecule has 1 saturated heterocycles. The normalized spacial score (nSPS) is 14.9. The van der Waals surface area contributed by atoms with Gasteiger partial charge in [0.2, 0.25) is 10.0 Å². The molecular formula is C22H23ClN4O4S. The number of carbonyl (C=O) groups is 2. The Morgan fingerprint density at radius 2 is 1.66 bits per heavy atom. The summed E-state index contributed by atoms with van der Waals surface area (Å²) in [4.78, 5) is 25.1. The third kappa shape index (κ3) is 4.23. The number of nitrogens with zero attached hydrogens (tertiary/aromatic N) is 2. The summed E-state index contributed by atoms with van der Waals surface area (Å²) in [6.07, 6.45) is 4.24. The first kappa shape index (κ1) is 22.3. The number of para-hydroxylation sites is 1. The Labute approximate surface area is 191 Å². The minimum Gasteiger partial charge on any atom is -0.350 e. The van der Waals surface area contributed by atoms with Crippen LogP contribution in [0.1, 0.15) is 40.0 Å². The molecule has 2 aromatic carbocycles. The number of carbonyl (C=O) groups excluding carboxylic acids is 2. The zero-order valence-corrected chi connectivity index (χ0v) is 19.0. The summed E-state index contributed by atoms with van der Waals surface area (Å²) in [5.41, 5.74) is 6.11. The number of hydrogen-bond acceptors (Lipinski definition) is 4. The Balaban J connectivity index is 1.51.